The quantitative estimate of drug-likeness (QED) is 0.872. The van der Waals surface area contributed by atoms with Crippen LogP contribution in [0.4, 0.5) is 11.4 Å². The molecule has 3 rings (SSSR count). The summed E-state index contributed by atoms with van der Waals surface area (Å²) in [6.07, 6.45) is 2.66. The minimum Gasteiger partial charge on any atom is -0.344 e. The molecule has 19 heavy (non-hydrogen) atoms. The molecule has 1 fully saturated rings. The second-order valence-electron chi connectivity index (χ2n) is 5.18. The van der Waals surface area contributed by atoms with Crippen molar-refractivity contribution in [3.05, 3.63) is 60.2 Å². The number of nitrogens with zero attached hydrogens (tertiary/aromatic N) is 1. The molecule has 0 aliphatic heterocycles. The molecule has 0 radical (unpaired) electrons. The van der Waals surface area contributed by atoms with Crippen molar-refractivity contribution < 1.29 is 0 Å². The molecule has 2 heteroatoms. The van der Waals surface area contributed by atoms with Crippen LogP contribution in [-0.4, -0.2) is 13.1 Å². The van der Waals surface area contributed by atoms with Crippen LogP contribution in [0.15, 0.2) is 54.6 Å². The van der Waals surface area contributed by atoms with Gasteiger partial charge >= 0.3 is 0 Å². The maximum absolute atomic E-state index is 3.59. The predicted octanol–water partition coefficient (Wildman–Crippen LogP) is 3.71. The van der Waals surface area contributed by atoms with E-state index in [-0.39, 0.29) is 0 Å². The van der Waals surface area contributed by atoms with Gasteiger partial charge in [0.05, 0.1) is 0 Å². The molecule has 0 spiro atoms. The van der Waals surface area contributed by atoms with Crippen LogP contribution >= 0.6 is 0 Å². The molecule has 0 saturated heterocycles. The van der Waals surface area contributed by atoms with Gasteiger partial charge in [-0.3, -0.25) is 0 Å². The third-order valence-corrected chi connectivity index (χ3v) is 3.66. The highest BCUT2D eigenvalue weighted by molar-refractivity contribution is 5.65. The van der Waals surface area contributed by atoms with Crippen molar-refractivity contribution in [2.75, 3.05) is 11.9 Å². The highest BCUT2D eigenvalue weighted by Gasteiger charge is 2.20. The fraction of sp³-hybridized carbons (Fsp3) is 0.294. The number of para-hydroxylation sites is 2. The Kier molecular flexibility index (Phi) is 3.51. The standard InChI is InChI=1S/C17H20N2/c1-19(16-8-3-2-4-9-16)17-10-6-5-7-14(17)13-18-15-11-12-15/h2-10,15,18H,11-13H2,1H3. The Labute approximate surface area is 115 Å². The van der Waals surface area contributed by atoms with Crippen LogP contribution in [0.2, 0.25) is 0 Å². The first-order valence-electron chi connectivity index (χ1n) is 6.94. The molecule has 0 heterocycles. The Balaban J connectivity index is 1.82. The minimum atomic E-state index is 0.745. The van der Waals surface area contributed by atoms with E-state index >= 15 is 0 Å². The van der Waals surface area contributed by atoms with Gasteiger partial charge < -0.3 is 10.2 Å². The van der Waals surface area contributed by atoms with Crippen LogP contribution in [0, 0.1) is 0 Å². The van der Waals surface area contributed by atoms with E-state index in [0.29, 0.717) is 0 Å². The normalized spacial score (nSPS) is 14.4. The highest BCUT2D eigenvalue weighted by Crippen LogP contribution is 2.27. The van der Waals surface area contributed by atoms with E-state index in [9.17, 15) is 0 Å². The third kappa shape index (κ3) is 2.96. The molecule has 0 amide bonds. The number of rotatable bonds is 5. The summed E-state index contributed by atoms with van der Waals surface area (Å²) >= 11 is 0. The molecular weight excluding hydrogens is 232 g/mol. The summed E-state index contributed by atoms with van der Waals surface area (Å²) in [6.45, 7) is 0.956. The first kappa shape index (κ1) is 12.2. The molecule has 1 aliphatic rings. The molecule has 2 aromatic carbocycles. The topological polar surface area (TPSA) is 15.3 Å². The van der Waals surface area contributed by atoms with Gasteiger partial charge in [0.1, 0.15) is 0 Å². The maximum atomic E-state index is 3.59. The lowest BCUT2D eigenvalue weighted by Gasteiger charge is -2.22. The van der Waals surface area contributed by atoms with Crippen molar-refractivity contribution in [3.63, 3.8) is 0 Å². The lowest BCUT2D eigenvalue weighted by Crippen LogP contribution is -2.18. The molecule has 0 aromatic heterocycles. The summed E-state index contributed by atoms with van der Waals surface area (Å²) in [5.74, 6) is 0. The predicted molar refractivity (Wildman–Crippen MR) is 80.8 cm³/mol. The lowest BCUT2D eigenvalue weighted by atomic mass is 10.1. The van der Waals surface area contributed by atoms with Crippen molar-refractivity contribution in [2.45, 2.75) is 25.4 Å². The van der Waals surface area contributed by atoms with Crippen LogP contribution in [0.1, 0.15) is 18.4 Å². The smallest absolute Gasteiger partial charge is 0.0453 e. The largest absolute Gasteiger partial charge is 0.344 e. The first-order chi connectivity index (χ1) is 9.34. The van der Waals surface area contributed by atoms with Gasteiger partial charge in [-0.1, -0.05) is 36.4 Å². The van der Waals surface area contributed by atoms with E-state index < -0.39 is 0 Å². The Morgan fingerprint density at radius 1 is 1.00 bits per heavy atom. The van der Waals surface area contributed by atoms with Gasteiger partial charge in [-0.2, -0.15) is 0 Å². The Bertz CT molecular complexity index is 532. The van der Waals surface area contributed by atoms with Gasteiger partial charge in [0.25, 0.3) is 0 Å². The van der Waals surface area contributed by atoms with Crippen molar-refractivity contribution in [1.29, 1.82) is 0 Å². The molecule has 2 nitrogen and oxygen atoms in total. The van der Waals surface area contributed by atoms with Crippen LogP contribution in [0.25, 0.3) is 0 Å². The van der Waals surface area contributed by atoms with E-state index in [2.05, 4.69) is 71.9 Å². The molecule has 1 aliphatic carbocycles. The fourth-order valence-electron chi connectivity index (χ4n) is 2.32. The minimum absolute atomic E-state index is 0.745. The molecular formula is C17H20N2. The third-order valence-electron chi connectivity index (χ3n) is 3.66. The van der Waals surface area contributed by atoms with Gasteiger partial charge in [-0.25, -0.2) is 0 Å². The summed E-state index contributed by atoms with van der Waals surface area (Å²) in [5.41, 5.74) is 3.86. The number of benzene rings is 2. The maximum Gasteiger partial charge on any atom is 0.0453 e. The van der Waals surface area contributed by atoms with Gasteiger partial charge in [0.15, 0.2) is 0 Å². The summed E-state index contributed by atoms with van der Waals surface area (Å²) in [6, 6.07) is 19.9. The van der Waals surface area contributed by atoms with Gasteiger partial charge in [-0.15, -0.1) is 0 Å². The SMILES string of the molecule is CN(c1ccccc1)c1ccccc1CNC1CC1. The Morgan fingerprint density at radius 2 is 1.68 bits per heavy atom. The van der Waals surface area contributed by atoms with E-state index in [1.54, 1.807) is 0 Å². The average molecular weight is 252 g/mol. The monoisotopic (exact) mass is 252 g/mol. The van der Waals surface area contributed by atoms with Crippen LogP contribution in [0.5, 0.6) is 0 Å². The summed E-state index contributed by atoms with van der Waals surface area (Å²) in [4.78, 5) is 2.25. The van der Waals surface area contributed by atoms with Gasteiger partial charge in [0, 0.05) is 31.0 Å². The van der Waals surface area contributed by atoms with Crippen LogP contribution in [-0.2, 0) is 6.54 Å². The molecule has 1 saturated carbocycles. The van der Waals surface area contributed by atoms with E-state index in [0.717, 1.165) is 12.6 Å². The zero-order valence-corrected chi connectivity index (χ0v) is 11.3. The first-order valence-corrected chi connectivity index (χ1v) is 6.94. The van der Waals surface area contributed by atoms with E-state index in [4.69, 9.17) is 0 Å². The van der Waals surface area contributed by atoms with Crippen molar-refractivity contribution in [3.8, 4) is 0 Å². The summed E-state index contributed by atoms with van der Waals surface area (Å²) < 4.78 is 0. The number of hydrogen-bond acceptors (Lipinski definition) is 2. The lowest BCUT2D eigenvalue weighted by molar-refractivity contribution is 0.687. The zero-order valence-electron chi connectivity index (χ0n) is 11.3. The number of anilines is 2. The average Bonchev–Trinajstić information content (AvgIpc) is 3.30. The second kappa shape index (κ2) is 5.45. The molecule has 0 bridgehead atoms. The van der Waals surface area contributed by atoms with Gasteiger partial charge in [0.2, 0.25) is 0 Å². The van der Waals surface area contributed by atoms with Gasteiger partial charge in [-0.05, 0) is 36.6 Å². The zero-order chi connectivity index (χ0) is 13.1. The Hall–Kier alpha value is -1.80. The van der Waals surface area contributed by atoms with Crippen molar-refractivity contribution in [2.24, 2.45) is 0 Å². The fourth-order valence-corrected chi connectivity index (χ4v) is 2.32. The van der Waals surface area contributed by atoms with Crippen LogP contribution in [0.3, 0.4) is 0 Å². The molecule has 1 N–H and O–H groups in total. The second-order valence-corrected chi connectivity index (χ2v) is 5.18. The summed E-state index contributed by atoms with van der Waals surface area (Å²) in [5, 5.41) is 3.59. The molecule has 0 unspecified atom stereocenters. The van der Waals surface area contributed by atoms with E-state index in [1.165, 1.54) is 29.8 Å². The summed E-state index contributed by atoms with van der Waals surface area (Å²) in [7, 11) is 2.13. The number of hydrogen-bond donors (Lipinski definition) is 1. The molecule has 98 valence electrons. The number of nitrogens with one attached hydrogen (secondary N) is 1. The molecule has 2 aromatic rings. The van der Waals surface area contributed by atoms with Crippen molar-refractivity contribution in [1.82, 2.24) is 5.32 Å². The van der Waals surface area contributed by atoms with Crippen molar-refractivity contribution >= 4 is 11.4 Å². The Morgan fingerprint density at radius 3 is 2.42 bits per heavy atom. The highest BCUT2D eigenvalue weighted by atomic mass is 15.1. The van der Waals surface area contributed by atoms with E-state index in [1.807, 2.05) is 0 Å². The van der Waals surface area contributed by atoms with Crippen LogP contribution < -0.4 is 10.2 Å². The molecule has 0 atom stereocenters.